The van der Waals surface area contributed by atoms with Gasteiger partial charge in [0.2, 0.25) is 0 Å². The number of benzene rings is 1. The zero-order valence-corrected chi connectivity index (χ0v) is 12.5. The van der Waals surface area contributed by atoms with E-state index >= 15 is 0 Å². The number of carbonyl (C=O) groups excluding carboxylic acids is 1. The van der Waals surface area contributed by atoms with Gasteiger partial charge in [-0.05, 0) is 18.2 Å². The van der Waals surface area contributed by atoms with Crippen LogP contribution in [0.4, 0.5) is 13.2 Å². The maximum absolute atomic E-state index is 13.4. The molecule has 0 saturated heterocycles. The lowest BCUT2D eigenvalue weighted by Crippen LogP contribution is -2.03. The van der Waals surface area contributed by atoms with E-state index in [4.69, 9.17) is 10.00 Å². The number of ether oxygens (including phenoxy) is 2. The van der Waals surface area contributed by atoms with Crippen molar-refractivity contribution in [2.75, 3.05) is 0 Å². The van der Waals surface area contributed by atoms with Crippen molar-refractivity contribution in [3.05, 3.63) is 34.6 Å². The van der Waals surface area contributed by atoms with Gasteiger partial charge in [-0.15, -0.1) is 11.3 Å². The van der Waals surface area contributed by atoms with Gasteiger partial charge in [-0.1, -0.05) is 0 Å². The van der Waals surface area contributed by atoms with Gasteiger partial charge in [0, 0.05) is 6.92 Å². The normalized spacial score (nSPS) is 10.4. The molecular weight excluding hydrogens is 333 g/mol. The lowest BCUT2D eigenvalue weighted by Gasteiger charge is -2.08. The predicted octanol–water partition coefficient (Wildman–Crippen LogP) is 3.49. The Morgan fingerprint density at radius 3 is 2.83 bits per heavy atom. The van der Waals surface area contributed by atoms with Crippen LogP contribution in [-0.4, -0.2) is 17.6 Å². The van der Waals surface area contributed by atoms with Crippen LogP contribution in [0, 0.1) is 17.1 Å². The van der Waals surface area contributed by atoms with Crippen LogP contribution in [0.25, 0.3) is 10.6 Å². The minimum absolute atomic E-state index is 0.0131. The average molecular weight is 342 g/mol. The van der Waals surface area contributed by atoms with E-state index in [1.807, 2.05) is 6.07 Å². The fourth-order valence-electron chi connectivity index (χ4n) is 1.69. The molecule has 9 heteroatoms. The van der Waals surface area contributed by atoms with Gasteiger partial charge in [0.15, 0.2) is 5.69 Å². The highest BCUT2D eigenvalue weighted by molar-refractivity contribution is 7.15. The zero-order chi connectivity index (χ0) is 17.0. The summed E-state index contributed by atoms with van der Waals surface area (Å²) in [7, 11) is 0. The van der Waals surface area contributed by atoms with Gasteiger partial charge in [0.1, 0.15) is 29.3 Å². The molecule has 23 heavy (non-hydrogen) atoms. The first-order valence-electron chi connectivity index (χ1n) is 6.18. The maximum atomic E-state index is 13.4. The third-order valence-electron chi connectivity index (χ3n) is 2.60. The van der Waals surface area contributed by atoms with Crippen LogP contribution in [0.15, 0.2) is 18.2 Å². The molecule has 120 valence electrons. The van der Waals surface area contributed by atoms with Crippen LogP contribution in [0.1, 0.15) is 17.5 Å². The van der Waals surface area contributed by atoms with Crippen LogP contribution in [0.2, 0.25) is 0 Å². The van der Waals surface area contributed by atoms with Crippen molar-refractivity contribution in [2.24, 2.45) is 0 Å². The number of alkyl halides is 2. The molecule has 5 nitrogen and oxygen atoms in total. The molecule has 1 aromatic heterocycles. The average Bonchev–Trinajstić information content (AvgIpc) is 2.89. The van der Waals surface area contributed by atoms with E-state index in [2.05, 4.69) is 9.72 Å². The molecule has 0 atom stereocenters. The molecule has 0 N–H and O–H groups in total. The molecule has 0 bridgehead atoms. The number of hydrogen-bond acceptors (Lipinski definition) is 6. The second kappa shape index (κ2) is 7.11. The fourth-order valence-corrected chi connectivity index (χ4v) is 2.63. The van der Waals surface area contributed by atoms with Crippen LogP contribution < -0.4 is 4.74 Å². The lowest BCUT2D eigenvalue weighted by molar-refractivity contribution is -0.142. The number of hydrogen-bond donors (Lipinski definition) is 0. The number of rotatable bonds is 5. The van der Waals surface area contributed by atoms with Crippen molar-refractivity contribution in [3.8, 4) is 22.4 Å². The Labute approximate surface area is 132 Å². The van der Waals surface area contributed by atoms with E-state index in [0.717, 1.165) is 29.5 Å². The van der Waals surface area contributed by atoms with Gasteiger partial charge in [0.25, 0.3) is 0 Å². The highest BCUT2D eigenvalue weighted by Crippen LogP contribution is 2.36. The zero-order valence-electron chi connectivity index (χ0n) is 11.7. The molecule has 0 aliphatic carbocycles. The predicted molar refractivity (Wildman–Crippen MR) is 74.3 cm³/mol. The molecule has 1 heterocycles. The van der Waals surface area contributed by atoms with Crippen molar-refractivity contribution in [2.45, 2.75) is 20.1 Å². The Bertz CT molecular complexity index is 771. The highest BCUT2D eigenvalue weighted by Gasteiger charge is 2.19. The Balaban J connectivity index is 2.44. The first-order valence-corrected chi connectivity index (χ1v) is 7.00. The molecule has 2 rings (SSSR count). The molecular formula is C14H9F3N2O3S. The summed E-state index contributed by atoms with van der Waals surface area (Å²) in [6.07, 6.45) is 0. The topological polar surface area (TPSA) is 72.2 Å². The summed E-state index contributed by atoms with van der Waals surface area (Å²) in [6.45, 7) is -2.07. The molecule has 0 unspecified atom stereocenters. The van der Waals surface area contributed by atoms with E-state index < -0.39 is 18.4 Å². The minimum Gasteiger partial charge on any atom is -0.460 e. The van der Waals surface area contributed by atoms with E-state index in [1.165, 1.54) is 6.92 Å². The molecule has 0 amide bonds. The Hall–Kier alpha value is -2.60. The summed E-state index contributed by atoms with van der Waals surface area (Å²) >= 11 is 0.927. The van der Waals surface area contributed by atoms with Crippen molar-refractivity contribution < 1.29 is 27.4 Å². The summed E-state index contributed by atoms with van der Waals surface area (Å²) in [5, 5.41) is 9.15. The highest BCUT2D eigenvalue weighted by atomic mass is 32.1. The smallest absolute Gasteiger partial charge is 0.387 e. The number of thiazole rings is 1. The van der Waals surface area contributed by atoms with Gasteiger partial charge >= 0.3 is 12.6 Å². The lowest BCUT2D eigenvalue weighted by atomic mass is 10.2. The quantitative estimate of drug-likeness (QED) is 0.778. The van der Waals surface area contributed by atoms with Crippen LogP contribution in [0.5, 0.6) is 5.75 Å². The number of aromatic nitrogens is 1. The standard InChI is InChI=1S/C14H9F3N2O3S/c1-7(20)21-6-12-10(5-18)19-13(23-12)9-4-8(15)2-3-11(9)22-14(16)17/h2-4,14H,6H2,1H3. The maximum Gasteiger partial charge on any atom is 0.387 e. The van der Waals surface area contributed by atoms with Gasteiger partial charge in [0.05, 0.1) is 10.4 Å². The summed E-state index contributed by atoms with van der Waals surface area (Å²) in [5.41, 5.74) is -0.0422. The first kappa shape index (κ1) is 16.8. The van der Waals surface area contributed by atoms with Gasteiger partial charge in [-0.3, -0.25) is 4.79 Å². The van der Waals surface area contributed by atoms with Gasteiger partial charge in [-0.2, -0.15) is 14.0 Å². The molecule has 0 radical (unpaired) electrons. The van der Waals surface area contributed by atoms with Gasteiger partial charge in [-0.25, -0.2) is 9.37 Å². The SMILES string of the molecule is CC(=O)OCc1sc(-c2cc(F)ccc2OC(F)F)nc1C#N. The van der Waals surface area contributed by atoms with Gasteiger partial charge < -0.3 is 9.47 Å². The van der Waals surface area contributed by atoms with Crippen molar-refractivity contribution in [1.29, 1.82) is 5.26 Å². The monoisotopic (exact) mass is 342 g/mol. The third-order valence-corrected chi connectivity index (χ3v) is 3.66. The molecule has 0 aliphatic rings. The minimum atomic E-state index is -3.09. The fraction of sp³-hybridized carbons (Fsp3) is 0.214. The number of carbonyl (C=O) groups is 1. The van der Waals surface area contributed by atoms with Crippen LogP contribution in [0.3, 0.4) is 0 Å². The molecule has 0 spiro atoms. The van der Waals surface area contributed by atoms with E-state index in [-0.39, 0.29) is 28.6 Å². The summed E-state index contributed by atoms with van der Waals surface area (Å²) < 4.78 is 47.4. The number of halogens is 3. The largest absolute Gasteiger partial charge is 0.460 e. The third kappa shape index (κ3) is 4.20. The van der Waals surface area contributed by atoms with Crippen LogP contribution >= 0.6 is 11.3 Å². The summed E-state index contributed by atoms with van der Waals surface area (Å²) in [4.78, 5) is 15.1. The molecule has 0 saturated carbocycles. The number of nitriles is 1. The molecule has 2 aromatic rings. The van der Waals surface area contributed by atoms with Crippen molar-refractivity contribution >= 4 is 17.3 Å². The Kier molecular flexibility index (Phi) is 5.18. The number of nitrogens with zero attached hydrogens (tertiary/aromatic N) is 2. The first-order chi connectivity index (χ1) is 10.9. The summed E-state index contributed by atoms with van der Waals surface area (Å²) in [6, 6.07) is 4.81. The van der Waals surface area contributed by atoms with Crippen LogP contribution in [-0.2, 0) is 16.1 Å². The van der Waals surface area contributed by atoms with E-state index in [9.17, 15) is 18.0 Å². The Morgan fingerprint density at radius 2 is 2.22 bits per heavy atom. The second-order valence-corrected chi connectivity index (χ2v) is 5.29. The van der Waals surface area contributed by atoms with E-state index in [0.29, 0.717) is 4.88 Å². The second-order valence-electron chi connectivity index (χ2n) is 4.20. The summed E-state index contributed by atoms with van der Waals surface area (Å²) in [5.74, 6) is -1.48. The molecule has 0 aliphatic heterocycles. The van der Waals surface area contributed by atoms with Crippen molar-refractivity contribution in [3.63, 3.8) is 0 Å². The number of esters is 1. The van der Waals surface area contributed by atoms with Crippen molar-refractivity contribution in [1.82, 2.24) is 4.98 Å². The molecule has 0 fully saturated rings. The van der Waals surface area contributed by atoms with E-state index in [1.54, 1.807) is 0 Å². The molecule has 1 aromatic carbocycles. The Morgan fingerprint density at radius 1 is 1.48 bits per heavy atom.